The van der Waals surface area contributed by atoms with Gasteiger partial charge in [-0.2, -0.15) is 23.0 Å². The molecule has 1 heterocycles. The van der Waals surface area contributed by atoms with E-state index in [1.165, 1.54) is 49.4 Å². The van der Waals surface area contributed by atoms with Crippen molar-refractivity contribution in [3.63, 3.8) is 0 Å². The molecule has 8 nitrogen and oxygen atoms in total. The molecule has 0 bridgehead atoms. The van der Waals surface area contributed by atoms with E-state index in [9.17, 15) is 32.8 Å². The third-order valence-electron chi connectivity index (χ3n) is 5.59. The molecule has 0 fully saturated rings. The van der Waals surface area contributed by atoms with Crippen molar-refractivity contribution in [3.8, 4) is 11.3 Å². The summed E-state index contributed by atoms with van der Waals surface area (Å²) in [6.07, 6.45) is -4.89. The number of carbonyl (C=O) groups excluding carboxylic acids is 2. The van der Waals surface area contributed by atoms with Crippen molar-refractivity contribution in [2.75, 3.05) is 6.54 Å². The number of benzene rings is 3. The Hall–Kier alpha value is -3.22. The zero-order chi connectivity index (χ0) is 27.1. The first-order valence-electron chi connectivity index (χ1n) is 10.7. The topological polar surface area (TPSA) is 113 Å². The summed E-state index contributed by atoms with van der Waals surface area (Å²) in [6.45, 7) is 1.49. The Kier molecular flexibility index (Phi) is 8.69. The molecule has 0 saturated carbocycles. The minimum atomic E-state index is -4.89. The first kappa shape index (κ1) is 29.3. The van der Waals surface area contributed by atoms with Crippen LogP contribution in [0.2, 0.25) is 5.02 Å². The van der Waals surface area contributed by atoms with Gasteiger partial charge in [-0.25, -0.2) is 9.86 Å². The van der Waals surface area contributed by atoms with E-state index >= 15 is 0 Å². The van der Waals surface area contributed by atoms with Gasteiger partial charge in [0.2, 0.25) is 0 Å². The number of aromatic nitrogens is 2. The van der Waals surface area contributed by atoms with Crippen LogP contribution in [0, 0.1) is 0 Å². The number of amides is 1. The fourth-order valence-corrected chi connectivity index (χ4v) is 4.02. The van der Waals surface area contributed by atoms with Crippen LogP contribution >= 0.6 is 11.6 Å². The van der Waals surface area contributed by atoms with E-state index in [1.54, 1.807) is 0 Å². The largest absolute Gasteiger partial charge is 1.00 e. The van der Waals surface area contributed by atoms with Crippen molar-refractivity contribution < 1.29 is 68.9 Å². The van der Waals surface area contributed by atoms with Crippen molar-refractivity contribution in [1.29, 1.82) is 0 Å². The molecule has 4 rings (SSSR count). The molecule has 38 heavy (non-hydrogen) atoms. The second-order valence-electron chi connectivity index (χ2n) is 7.86. The Labute approximate surface area is 242 Å². The Morgan fingerprint density at radius 1 is 1.05 bits per heavy atom. The molecular weight excluding hydrogens is 538 g/mol. The minimum Gasteiger partial charge on any atom is -1.00 e. The van der Waals surface area contributed by atoms with Crippen molar-refractivity contribution in [2.45, 2.75) is 13.1 Å². The molecule has 2 N–H and O–H groups in total. The van der Waals surface area contributed by atoms with E-state index in [4.69, 9.17) is 16.7 Å². The molecule has 4 aromatic rings. The number of carboxylic acids is 1. The molecule has 3 aromatic carbocycles. The summed E-state index contributed by atoms with van der Waals surface area (Å²) in [6, 6.07) is 12.4. The van der Waals surface area contributed by atoms with Crippen LogP contribution in [-0.2, 0) is 6.18 Å². The van der Waals surface area contributed by atoms with Gasteiger partial charge >= 0.3 is 41.7 Å². The van der Waals surface area contributed by atoms with Gasteiger partial charge in [-0.1, -0.05) is 29.8 Å². The third-order valence-corrected chi connectivity index (χ3v) is 5.91. The molecule has 0 radical (unpaired) electrons. The van der Waals surface area contributed by atoms with Crippen LogP contribution in [0.5, 0.6) is 0 Å². The predicted molar refractivity (Wildman–Crippen MR) is 128 cm³/mol. The number of nitrogens with zero attached hydrogens (tertiary/aromatic N) is 3. The van der Waals surface area contributed by atoms with Gasteiger partial charge in [0, 0.05) is 23.1 Å². The Balaban J connectivity index is 0.00000267. The average molecular weight is 556 g/mol. The van der Waals surface area contributed by atoms with Gasteiger partial charge < -0.3 is 6.53 Å². The molecule has 0 spiro atoms. The Morgan fingerprint density at radius 3 is 2.26 bits per heavy atom. The van der Waals surface area contributed by atoms with E-state index in [0.717, 1.165) is 18.2 Å². The zero-order valence-electron chi connectivity index (χ0n) is 21.0. The summed E-state index contributed by atoms with van der Waals surface area (Å²) < 4.78 is 41.9. The fourth-order valence-electron chi connectivity index (χ4n) is 3.76. The average Bonchev–Trinajstić information content (AvgIpc) is 3.25. The summed E-state index contributed by atoms with van der Waals surface area (Å²) in [5.74, 6) is -3.16. The molecule has 0 aliphatic rings. The maximum Gasteiger partial charge on any atom is 1.00 e. The van der Waals surface area contributed by atoms with Crippen molar-refractivity contribution in [1.82, 2.24) is 14.8 Å². The van der Waals surface area contributed by atoms with E-state index in [2.05, 4.69) is 5.10 Å². The van der Waals surface area contributed by atoms with Gasteiger partial charge in [0.25, 0.3) is 11.8 Å². The number of fused-ring (bicyclic) bond motifs is 1. The first-order chi connectivity index (χ1) is 17.4. The Bertz CT molecular complexity index is 1560. The van der Waals surface area contributed by atoms with Crippen LogP contribution in [0.15, 0.2) is 60.7 Å². The molecule has 0 atom stereocenters. The van der Waals surface area contributed by atoms with Crippen LogP contribution in [0.3, 0.4) is 0 Å². The smallest absolute Gasteiger partial charge is 1.00 e. The molecule has 1 aromatic heterocycles. The SMILES string of the molecule is CCN(O)C(=O)c1ccc2c(-c3ccc(C(=O)O)cc3)nn(C(=O)c3c(Cl)cccc3C(F)(F)F)c2c1.[H-].[Na+]. The number of hydroxylamine groups is 2. The Morgan fingerprint density at radius 2 is 1.68 bits per heavy atom. The van der Waals surface area contributed by atoms with Gasteiger partial charge in [-0.05, 0) is 49.4 Å². The van der Waals surface area contributed by atoms with E-state index in [0.29, 0.717) is 15.3 Å². The number of aromatic carboxylic acids is 1. The van der Waals surface area contributed by atoms with Crippen LogP contribution in [0.25, 0.3) is 22.2 Å². The maximum absolute atomic E-state index is 13.7. The number of hydrogen-bond donors (Lipinski definition) is 2. The van der Waals surface area contributed by atoms with Gasteiger partial charge in [0.1, 0.15) is 5.69 Å². The molecule has 13 heteroatoms. The van der Waals surface area contributed by atoms with Gasteiger partial charge in [-0.15, -0.1) is 0 Å². The maximum atomic E-state index is 13.7. The molecule has 1 amide bonds. The zero-order valence-corrected chi connectivity index (χ0v) is 22.7. The van der Waals surface area contributed by atoms with Crippen LogP contribution < -0.4 is 29.6 Å². The van der Waals surface area contributed by atoms with Crippen LogP contribution in [-0.4, -0.2) is 49.5 Å². The van der Waals surface area contributed by atoms with Crippen molar-refractivity contribution in [3.05, 3.63) is 87.9 Å². The molecule has 0 aliphatic heterocycles. The quantitative estimate of drug-likeness (QED) is 0.222. The summed E-state index contributed by atoms with van der Waals surface area (Å²) in [7, 11) is 0. The normalized spacial score (nSPS) is 11.2. The van der Waals surface area contributed by atoms with Crippen LogP contribution in [0.1, 0.15) is 45.0 Å². The summed E-state index contributed by atoms with van der Waals surface area (Å²) in [5, 5.41) is 23.5. The van der Waals surface area contributed by atoms with Gasteiger partial charge in [0.15, 0.2) is 0 Å². The van der Waals surface area contributed by atoms with Crippen molar-refractivity contribution in [2.24, 2.45) is 0 Å². The number of alkyl halides is 3. The molecule has 192 valence electrons. The summed E-state index contributed by atoms with van der Waals surface area (Å²) >= 11 is 6.03. The van der Waals surface area contributed by atoms with E-state index in [-0.39, 0.29) is 65.3 Å². The standard InChI is InChI=1S/C25H17ClF3N3O5.Na.H/c1-2-31(37)22(33)15-10-11-16-19(12-15)32(30-21(16)13-6-8-14(9-7-13)24(35)36)23(34)20-17(25(27,28)29)4-3-5-18(20)26;;/h3-12,37H,2H2,1H3,(H,35,36);;/q;+1;-1. The second-order valence-corrected chi connectivity index (χ2v) is 8.27. The van der Waals surface area contributed by atoms with Gasteiger partial charge in [-0.3, -0.25) is 14.8 Å². The van der Waals surface area contributed by atoms with Crippen molar-refractivity contribution >= 4 is 40.3 Å². The van der Waals surface area contributed by atoms with Gasteiger partial charge in [0.05, 0.1) is 27.2 Å². The van der Waals surface area contributed by atoms with E-state index < -0.39 is 40.1 Å². The third kappa shape index (κ3) is 5.47. The fraction of sp³-hybridized carbons (Fsp3) is 0.120. The number of carbonyl (C=O) groups is 3. The monoisotopic (exact) mass is 555 g/mol. The summed E-state index contributed by atoms with van der Waals surface area (Å²) in [5.41, 5.74) is -1.66. The number of halogens is 4. The first-order valence-corrected chi connectivity index (χ1v) is 11.1. The molecular formula is C25H18ClF3N3NaO5. The van der Waals surface area contributed by atoms with E-state index in [1.807, 2.05) is 0 Å². The molecule has 0 unspecified atom stereocenters. The molecule has 0 aliphatic carbocycles. The molecule has 0 saturated heterocycles. The number of carboxylic acid groups (broad SMARTS) is 1. The number of hydrogen-bond acceptors (Lipinski definition) is 5. The minimum absolute atomic E-state index is 0. The summed E-state index contributed by atoms with van der Waals surface area (Å²) in [4.78, 5) is 37.2. The second kappa shape index (κ2) is 11.3. The number of rotatable bonds is 5. The van der Waals surface area contributed by atoms with Crippen LogP contribution in [0.4, 0.5) is 13.2 Å². The predicted octanol–water partition coefficient (Wildman–Crippen LogP) is 2.73.